The Hall–Kier alpha value is -1.46. The van der Waals surface area contributed by atoms with Crippen molar-refractivity contribution in [2.45, 2.75) is 0 Å². The van der Waals surface area contributed by atoms with Crippen LogP contribution in [0.3, 0.4) is 0 Å². The fourth-order valence-corrected chi connectivity index (χ4v) is 2.45. The Bertz CT molecular complexity index is 419. The van der Waals surface area contributed by atoms with Crippen LogP contribution in [0.1, 0.15) is 0 Å². The summed E-state index contributed by atoms with van der Waals surface area (Å²) in [6.45, 7) is 7.80. The van der Waals surface area contributed by atoms with Crippen molar-refractivity contribution in [1.82, 2.24) is 10.2 Å². The van der Waals surface area contributed by atoms with Crippen molar-refractivity contribution in [3.8, 4) is 11.5 Å². The number of ether oxygens (including phenoxy) is 2. The van der Waals surface area contributed by atoms with E-state index < -0.39 is 0 Å². The van der Waals surface area contributed by atoms with E-state index in [1.165, 1.54) is 0 Å². The second kappa shape index (κ2) is 6.12. The Balaban J connectivity index is 1.49. The summed E-state index contributed by atoms with van der Waals surface area (Å²) in [5.41, 5.74) is 1.10. The molecule has 104 valence electrons. The Kier molecular flexibility index (Phi) is 4.05. The van der Waals surface area contributed by atoms with E-state index in [9.17, 15) is 0 Å². The first-order valence-corrected chi connectivity index (χ1v) is 6.98. The normalized spacial score (nSPS) is 19.2. The maximum absolute atomic E-state index is 5.58. The van der Waals surface area contributed by atoms with Crippen molar-refractivity contribution in [2.24, 2.45) is 0 Å². The molecule has 0 saturated carbocycles. The molecule has 5 nitrogen and oxygen atoms in total. The molecule has 1 saturated heterocycles. The van der Waals surface area contributed by atoms with Crippen molar-refractivity contribution in [1.29, 1.82) is 0 Å². The van der Waals surface area contributed by atoms with E-state index in [0.29, 0.717) is 13.2 Å². The molecule has 0 unspecified atom stereocenters. The SMILES string of the molecule is c1cc2c(cc1NCCN1CCNCC1)OCCO2. The third kappa shape index (κ3) is 3.30. The molecule has 0 bridgehead atoms. The predicted molar refractivity (Wildman–Crippen MR) is 75.2 cm³/mol. The van der Waals surface area contributed by atoms with Crippen molar-refractivity contribution in [3.05, 3.63) is 18.2 Å². The maximum atomic E-state index is 5.58. The molecule has 3 rings (SSSR count). The molecule has 19 heavy (non-hydrogen) atoms. The second-order valence-corrected chi connectivity index (χ2v) is 4.88. The molecule has 0 radical (unpaired) electrons. The summed E-state index contributed by atoms with van der Waals surface area (Å²) in [7, 11) is 0. The quantitative estimate of drug-likeness (QED) is 0.840. The minimum absolute atomic E-state index is 0.636. The standard InChI is InChI=1S/C14H21N3O2/c1-2-13-14(19-10-9-18-13)11-12(1)16-5-8-17-6-3-15-4-7-17/h1-2,11,15-16H,3-10H2. The van der Waals surface area contributed by atoms with Gasteiger partial charge in [0.1, 0.15) is 13.2 Å². The minimum Gasteiger partial charge on any atom is -0.486 e. The van der Waals surface area contributed by atoms with Crippen LogP contribution >= 0.6 is 0 Å². The van der Waals surface area contributed by atoms with Gasteiger partial charge in [-0.25, -0.2) is 0 Å². The number of anilines is 1. The molecule has 0 amide bonds. The highest BCUT2D eigenvalue weighted by atomic mass is 16.6. The van der Waals surface area contributed by atoms with E-state index in [1.807, 2.05) is 18.2 Å². The zero-order valence-corrected chi connectivity index (χ0v) is 11.2. The summed E-state index contributed by atoms with van der Waals surface area (Å²) >= 11 is 0. The fraction of sp³-hybridized carbons (Fsp3) is 0.571. The van der Waals surface area contributed by atoms with Crippen LogP contribution in [-0.4, -0.2) is 57.4 Å². The Morgan fingerprint density at radius 1 is 1.11 bits per heavy atom. The van der Waals surface area contributed by atoms with Crippen LogP contribution in [0.15, 0.2) is 18.2 Å². The van der Waals surface area contributed by atoms with Crippen molar-refractivity contribution < 1.29 is 9.47 Å². The molecule has 0 spiro atoms. The summed E-state index contributed by atoms with van der Waals surface area (Å²) in [6, 6.07) is 6.04. The van der Waals surface area contributed by atoms with E-state index in [0.717, 1.165) is 56.5 Å². The van der Waals surface area contributed by atoms with Crippen LogP contribution in [0.25, 0.3) is 0 Å². The van der Waals surface area contributed by atoms with Gasteiger partial charge in [-0.3, -0.25) is 4.90 Å². The van der Waals surface area contributed by atoms with E-state index >= 15 is 0 Å². The van der Waals surface area contributed by atoms with E-state index in [1.54, 1.807) is 0 Å². The highest BCUT2D eigenvalue weighted by Gasteiger charge is 2.12. The average molecular weight is 263 g/mol. The Morgan fingerprint density at radius 3 is 2.74 bits per heavy atom. The number of nitrogens with one attached hydrogen (secondary N) is 2. The van der Waals surface area contributed by atoms with Crippen molar-refractivity contribution in [3.63, 3.8) is 0 Å². The second-order valence-electron chi connectivity index (χ2n) is 4.88. The number of fused-ring (bicyclic) bond motifs is 1. The summed E-state index contributed by atoms with van der Waals surface area (Å²) in [6.07, 6.45) is 0. The van der Waals surface area contributed by atoms with Crippen LogP contribution in [0.5, 0.6) is 11.5 Å². The number of piperazine rings is 1. The smallest absolute Gasteiger partial charge is 0.163 e. The average Bonchev–Trinajstić information content (AvgIpc) is 2.48. The van der Waals surface area contributed by atoms with Crippen molar-refractivity contribution in [2.75, 3.05) is 57.8 Å². The number of hydrogen-bond acceptors (Lipinski definition) is 5. The van der Waals surface area contributed by atoms with Gasteiger partial charge in [-0.15, -0.1) is 0 Å². The first kappa shape index (κ1) is 12.6. The minimum atomic E-state index is 0.636. The summed E-state index contributed by atoms with van der Waals surface area (Å²) in [5.74, 6) is 1.69. The summed E-state index contributed by atoms with van der Waals surface area (Å²) in [5, 5.41) is 6.81. The van der Waals surface area contributed by atoms with Gasteiger partial charge in [0.25, 0.3) is 0 Å². The lowest BCUT2D eigenvalue weighted by molar-refractivity contribution is 0.171. The molecule has 2 N–H and O–H groups in total. The molecular weight excluding hydrogens is 242 g/mol. The van der Waals surface area contributed by atoms with Crippen LogP contribution in [0.2, 0.25) is 0 Å². The molecule has 0 atom stereocenters. The molecule has 0 aromatic heterocycles. The predicted octanol–water partition coefficient (Wildman–Crippen LogP) is 0.775. The molecule has 2 aliphatic rings. The van der Waals surface area contributed by atoms with Gasteiger partial charge >= 0.3 is 0 Å². The molecule has 1 aromatic carbocycles. The largest absolute Gasteiger partial charge is 0.486 e. The molecule has 2 heterocycles. The lowest BCUT2D eigenvalue weighted by Gasteiger charge is -2.27. The molecule has 1 fully saturated rings. The third-order valence-electron chi connectivity index (χ3n) is 3.51. The zero-order valence-electron chi connectivity index (χ0n) is 11.2. The number of rotatable bonds is 4. The molecule has 5 heteroatoms. The molecular formula is C14H21N3O2. The lowest BCUT2D eigenvalue weighted by atomic mass is 10.2. The van der Waals surface area contributed by atoms with Gasteiger partial charge in [-0.1, -0.05) is 0 Å². The van der Waals surface area contributed by atoms with Crippen LogP contribution in [-0.2, 0) is 0 Å². The van der Waals surface area contributed by atoms with Crippen LogP contribution in [0.4, 0.5) is 5.69 Å². The van der Waals surface area contributed by atoms with Gasteiger partial charge in [0, 0.05) is 51.0 Å². The van der Waals surface area contributed by atoms with Gasteiger partial charge in [0.15, 0.2) is 11.5 Å². The van der Waals surface area contributed by atoms with E-state index in [-0.39, 0.29) is 0 Å². The molecule has 0 aliphatic carbocycles. The van der Waals surface area contributed by atoms with E-state index in [4.69, 9.17) is 9.47 Å². The number of nitrogens with zero attached hydrogens (tertiary/aromatic N) is 1. The summed E-state index contributed by atoms with van der Waals surface area (Å²) in [4.78, 5) is 2.47. The highest BCUT2D eigenvalue weighted by molar-refractivity contribution is 5.55. The maximum Gasteiger partial charge on any atom is 0.163 e. The fourth-order valence-electron chi connectivity index (χ4n) is 2.45. The zero-order chi connectivity index (χ0) is 12.9. The monoisotopic (exact) mass is 263 g/mol. The molecule has 1 aromatic rings. The lowest BCUT2D eigenvalue weighted by Crippen LogP contribution is -2.45. The first-order chi connectivity index (χ1) is 9.42. The van der Waals surface area contributed by atoms with Gasteiger partial charge in [0.2, 0.25) is 0 Å². The highest BCUT2D eigenvalue weighted by Crippen LogP contribution is 2.32. The van der Waals surface area contributed by atoms with Crippen LogP contribution in [0, 0.1) is 0 Å². The van der Waals surface area contributed by atoms with Gasteiger partial charge in [-0.2, -0.15) is 0 Å². The topological polar surface area (TPSA) is 45.8 Å². The van der Waals surface area contributed by atoms with Gasteiger partial charge in [-0.05, 0) is 12.1 Å². The third-order valence-corrected chi connectivity index (χ3v) is 3.51. The molecule has 2 aliphatic heterocycles. The van der Waals surface area contributed by atoms with Gasteiger partial charge < -0.3 is 20.1 Å². The Morgan fingerprint density at radius 2 is 1.89 bits per heavy atom. The number of benzene rings is 1. The van der Waals surface area contributed by atoms with Crippen molar-refractivity contribution >= 4 is 5.69 Å². The Labute approximate surface area is 113 Å². The van der Waals surface area contributed by atoms with Crippen LogP contribution < -0.4 is 20.1 Å². The van der Waals surface area contributed by atoms with E-state index in [2.05, 4.69) is 15.5 Å². The first-order valence-electron chi connectivity index (χ1n) is 6.98. The van der Waals surface area contributed by atoms with Gasteiger partial charge in [0.05, 0.1) is 0 Å². The number of hydrogen-bond donors (Lipinski definition) is 2. The summed E-state index contributed by atoms with van der Waals surface area (Å²) < 4.78 is 11.1.